The number of aromatic nitrogens is 2. The van der Waals surface area contributed by atoms with Crippen molar-refractivity contribution in [1.29, 1.82) is 0 Å². The summed E-state index contributed by atoms with van der Waals surface area (Å²) in [6.07, 6.45) is 4.05. The van der Waals surface area contributed by atoms with Gasteiger partial charge in [-0.25, -0.2) is 4.79 Å². The molecule has 0 aliphatic rings. The summed E-state index contributed by atoms with van der Waals surface area (Å²) in [7, 11) is 0. The molecular formula is C15H16N2O3. The fraction of sp³-hybridized carbons (Fsp3) is 0.267. The van der Waals surface area contributed by atoms with Crippen LogP contribution < -0.4 is 5.56 Å². The van der Waals surface area contributed by atoms with E-state index in [4.69, 9.17) is 0 Å². The van der Waals surface area contributed by atoms with Gasteiger partial charge < -0.3 is 9.67 Å². The van der Waals surface area contributed by atoms with Gasteiger partial charge in [-0.05, 0) is 43.5 Å². The highest BCUT2D eigenvalue weighted by atomic mass is 16.4. The minimum Gasteiger partial charge on any atom is -0.478 e. The highest BCUT2D eigenvalue weighted by Crippen LogP contribution is 2.12. The fourth-order valence-corrected chi connectivity index (χ4v) is 2.31. The van der Waals surface area contributed by atoms with Crippen molar-refractivity contribution in [3.05, 3.63) is 63.3 Å². The molecule has 0 bridgehead atoms. The summed E-state index contributed by atoms with van der Waals surface area (Å²) in [5, 5.41) is 9.22. The van der Waals surface area contributed by atoms with Gasteiger partial charge in [0.25, 0.3) is 5.56 Å². The average Bonchev–Trinajstić information content (AvgIpc) is 2.38. The smallest absolute Gasteiger partial charge is 0.337 e. The molecule has 0 amide bonds. The molecule has 1 N–H and O–H groups in total. The van der Waals surface area contributed by atoms with Crippen molar-refractivity contribution in [2.24, 2.45) is 0 Å². The molecule has 2 rings (SSSR count). The minimum atomic E-state index is -1.00. The molecule has 0 fully saturated rings. The van der Waals surface area contributed by atoms with Gasteiger partial charge in [-0.3, -0.25) is 9.78 Å². The summed E-state index contributed by atoms with van der Waals surface area (Å²) >= 11 is 0. The van der Waals surface area contributed by atoms with Crippen LogP contribution in [-0.4, -0.2) is 20.6 Å². The first-order valence-corrected chi connectivity index (χ1v) is 6.34. The maximum Gasteiger partial charge on any atom is 0.337 e. The Hall–Kier alpha value is -2.43. The third-order valence-electron chi connectivity index (χ3n) is 3.35. The molecule has 5 nitrogen and oxygen atoms in total. The number of aromatic carboxylic acids is 1. The Kier molecular flexibility index (Phi) is 3.98. The normalized spacial score (nSPS) is 10.5. The van der Waals surface area contributed by atoms with Gasteiger partial charge in [0.1, 0.15) is 0 Å². The summed E-state index contributed by atoms with van der Waals surface area (Å²) in [5.41, 5.74) is 2.10. The van der Waals surface area contributed by atoms with E-state index < -0.39 is 5.97 Å². The summed E-state index contributed by atoms with van der Waals surface area (Å²) in [5.74, 6) is -1.00. The van der Waals surface area contributed by atoms with E-state index in [1.165, 1.54) is 10.6 Å². The largest absolute Gasteiger partial charge is 0.478 e. The lowest BCUT2D eigenvalue weighted by molar-refractivity contribution is 0.0694. The summed E-state index contributed by atoms with van der Waals surface area (Å²) < 4.78 is 1.51. The molecule has 0 aliphatic heterocycles. The number of aryl methyl sites for hydroxylation is 2. The van der Waals surface area contributed by atoms with Crippen LogP contribution >= 0.6 is 0 Å². The van der Waals surface area contributed by atoms with Crippen molar-refractivity contribution >= 4 is 5.97 Å². The minimum absolute atomic E-state index is 0.168. The van der Waals surface area contributed by atoms with Crippen molar-refractivity contribution in [2.75, 3.05) is 0 Å². The zero-order valence-electron chi connectivity index (χ0n) is 11.5. The van der Waals surface area contributed by atoms with Gasteiger partial charge in [0.15, 0.2) is 0 Å². The molecule has 2 aromatic heterocycles. The summed E-state index contributed by atoms with van der Waals surface area (Å²) in [6.45, 7) is 3.77. The van der Waals surface area contributed by atoms with Gasteiger partial charge in [0, 0.05) is 30.7 Å². The van der Waals surface area contributed by atoms with E-state index in [-0.39, 0.29) is 11.1 Å². The van der Waals surface area contributed by atoms with Crippen LogP contribution in [0.15, 0.2) is 35.4 Å². The van der Waals surface area contributed by atoms with E-state index in [0.29, 0.717) is 24.2 Å². The first-order valence-electron chi connectivity index (χ1n) is 6.34. The first-order chi connectivity index (χ1) is 9.50. The van der Waals surface area contributed by atoms with E-state index >= 15 is 0 Å². The number of pyridine rings is 2. The predicted octanol–water partition coefficient (Wildman–Crippen LogP) is 1.80. The van der Waals surface area contributed by atoms with Crippen LogP contribution in [0.3, 0.4) is 0 Å². The van der Waals surface area contributed by atoms with Crippen LogP contribution in [0.1, 0.15) is 27.2 Å². The van der Waals surface area contributed by atoms with E-state index in [2.05, 4.69) is 4.98 Å². The van der Waals surface area contributed by atoms with E-state index in [9.17, 15) is 14.7 Å². The van der Waals surface area contributed by atoms with Crippen molar-refractivity contribution in [3.8, 4) is 0 Å². The molecule has 0 spiro atoms. The maximum absolute atomic E-state index is 12.0. The number of hydrogen-bond acceptors (Lipinski definition) is 3. The molecular weight excluding hydrogens is 256 g/mol. The topological polar surface area (TPSA) is 72.2 Å². The Morgan fingerprint density at radius 3 is 2.55 bits per heavy atom. The van der Waals surface area contributed by atoms with E-state index in [1.807, 2.05) is 12.1 Å². The predicted molar refractivity (Wildman–Crippen MR) is 75.1 cm³/mol. The van der Waals surface area contributed by atoms with Crippen molar-refractivity contribution in [1.82, 2.24) is 9.55 Å². The summed E-state index contributed by atoms with van der Waals surface area (Å²) in [6, 6.07) is 5.14. The molecule has 2 aromatic rings. The molecule has 20 heavy (non-hydrogen) atoms. The standard InChI is InChI=1S/C15H16N2O3/c1-10-9-13(18)17(11(2)14(10)15(19)20)8-5-12-3-6-16-7-4-12/h3-4,6-7,9H,5,8H2,1-2H3,(H,19,20). The van der Waals surface area contributed by atoms with Crippen LogP contribution in [0, 0.1) is 13.8 Å². The van der Waals surface area contributed by atoms with Crippen LogP contribution in [-0.2, 0) is 13.0 Å². The number of rotatable bonds is 4. The van der Waals surface area contributed by atoms with Gasteiger partial charge in [0.05, 0.1) is 5.56 Å². The van der Waals surface area contributed by atoms with Gasteiger partial charge in [-0.2, -0.15) is 0 Å². The third kappa shape index (κ3) is 2.77. The van der Waals surface area contributed by atoms with Gasteiger partial charge in [-0.1, -0.05) is 0 Å². The Bertz CT molecular complexity index is 690. The van der Waals surface area contributed by atoms with Gasteiger partial charge in [-0.15, -0.1) is 0 Å². The van der Waals surface area contributed by atoms with Crippen molar-refractivity contribution in [2.45, 2.75) is 26.8 Å². The molecule has 0 saturated heterocycles. The molecule has 0 aliphatic carbocycles. The van der Waals surface area contributed by atoms with Crippen LogP contribution in [0.2, 0.25) is 0 Å². The van der Waals surface area contributed by atoms with Gasteiger partial charge >= 0.3 is 5.97 Å². The third-order valence-corrected chi connectivity index (χ3v) is 3.35. The summed E-state index contributed by atoms with van der Waals surface area (Å²) in [4.78, 5) is 27.2. The molecule has 0 atom stereocenters. The monoisotopic (exact) mass is 272 g/mol. The van der Waals surface area contributed by atoms with Crippen LogP contribution in [0.5, 0.6) is 0 Å². The highest BCUT2D eigenvalue weighted by Gasteiger charge is 2.15. The number of carbonyl (C=O) groups is 1. The van der Waals surface area contributed by atoms with E-state index in [1.54, 1.807) is 26.2 Å². The number of carboxylic acid groups (broad SMARTS) is 1. The highest BCUT2D eigenvalue weighted by molar-refractivity contribution is 5.90. The molecule has 5 heteroatoms. The average molecular weight is 272 g/mol. The molecule has 104 valence electrons. The zero-order valence-corrected chi connectivity index (χ0v) is 11.5. The molecule has 0 aromatic carbocycles. The zero-order chi connectivity index (χ0) is 14.7. The van der Waals surface area contributed by atoms with Crippen LogP contribution in [0.4, 0.5) is 0 Å². The number of hydrogen-bond donors (Lipinski definition) is 1. The van der Waals surface area contributed by atoms with E-state index in [0.717, 1.165) is 5.56 Å². The van der Waals surface area contributed by atoms with Crippen LogP contribution in [0.25, 0.3) is 0 Å². The lowest BCUT2D eigenvalue weighted by Crippen LogP contribution is -2.26. The fourth-order valence-electron chi connectivity index (χ4n) is 2.31. The molecule has 0 unspecified atom stereocenters. The second-order valence-electron chi connectivity index (χ2n) is 4.69. The second kappa shape index (κ2) is 5.69. The Labute approximate surface area is 116 Å². The molecule has 0 saturated carbocycles. The number of carboxylic acids is 1. The van der Waals surface area contributed by atoms with Gasteiger partial charge in [0.2, 0.25) is 0 Å². The SMILES string of the molecule is Cc1cc(=O)n(CCc2ccncc2)c(C)c1C(=O)O. The first kappa shape index (κ1) is 14.0. The maximum atomic E-state index is 12.0. The lowest BCUT2D eigenvalue weighted by atomic mass is 10.1. The Morgan fingerprint density at radius 1 is 1.30 bits per heavy atom. The van der Waals surface area contributed by atoms with Crippen molar-refractivity contribution < 1.29 is 9.90 Å². The Balaban J connectivity index is 2.35. The Morgan fingerprint density at radius 2 is 1.95 bits per heavy atom. The molecule has 2 heterocycles. The number of nitrogens with zero attached hydrogens (tertiary/aromatic N) is 2. The quantitative estimate of drug-likeness (QED) is 0.921. The lowest BCUT2D eigenvalue weighted by Gasteiger charge is -2.14. The second-order valence-corrected chi connectivity index (χ2v) is 4.69. The van der Waals surface area contributed by atoms with Crippen molar-refractivity contribution in [3.63, 3.8) is 0 Å². The molecule has 0 radical (unpaired) electrons.